The molecule has 0 saturated carbocycles. The molecule has 0 saturated heterocycles. The Bertz CT molecular complexity index is 2380. The third-order valence-corrected chi connectivity index (χ3v) is 8.33. The molecule has 0 aliphatic rings. The molecule has 6 heteroatoms. The van der Waals surface area contributed by atoms with Crippen LogP contribution in [-0.4, -0.2) is 29.1 Å². The summed E-state index contributed by atoms with van der Waals surface area (Å²) in [5.74, 6) is 1.43. The molecule has 0 radical (unpaired) electrons. The van der Waals surface area contributed by atoms with Gasteiger partial charge < -0.3 is 4.57 Å². The molecule has 0 N–H and O–H groups in total. The van der Waals surface area contributed by atoms with E-state index in [1.807, 2.05) is 30.5 Å². The van der Waals surface area contributed by atoms with E-state index in [9.17, 15) is 0 Å². The Kier molecular flexibility index (Phi) is 5.40. The minimum atomic E-state index is 0.636. The lowest BCUT2D eigenvalue weighted by Crippen LogP contribution is -2.02. The Balaban J connectivity index is 1.32. The number of rotatable bonds is 4. The van der Waals surface area contributed by atoms with E-state index >= 15 is 0 Å². The minimum Gasteiger partial charge on any atom is -0.309 e. The molecule has 4 aromatic carbocycles. The number of benzene rings is 4. The summed E-state index contributed by atoms with van der Waals surface area (Å²) in [4.78, 5) is 18.6. The molecule has 0 spiro atoms. The maximum absolute atomic E-state index is 5.12. The molecule has 5 aromatic heterocycles. The van der Waals surface area contributed by atoms with Crippen LogP contribution in [0.5, 0.6) is 0 Å². The van der Waals surface area contributed by atoms with Crippen LogP contribution in [0, 0.1) is 0 Å². The first-order chi connectivity index (χ1) is 21.8. The van der Waals surface area contributed by atoms with E-state index in [2.05, 4.69) is 116 Å². The SMILES string of the molecule is c1cncc(-c2cc(-n3c4ccccc4c4cc(-n5c6ccccc6c6ccccc65)ccc43)nc(-c3ccncc3)n2)c1. The molecule has 6 nitrogen and oxygen atoms in total. The summed E-state index contributed by atoms with van der Waals surface area (Å²) >= 11 is 0. The fraction of sp³-hybridized carbons (Fsp3) is 0. The van der Waals surface area contributed by atoms with Crippen LogP contribution in [-0.2, 0) is 0 Å². The van der Waals surface area contributed by atoms with Crippen molar-refractivity contribution in [2.24, 2.45) is 0 Å². The standard InChI is InChI=1S/C38H24N6/c1-4-12-33-28(9-1)29-10-2-5-13-34(29)43(33)27-15-16-36-31(22-27)30-11-3-6-14-35(30)44(36)37-23-32(26-8-7-19-40-24-26)41-38(42-37)25-17-20-39-21-18-25/h1-24H. The van der Waals surface area contributed by atoms with Gasteiger partial charge in [0.05, 0.1) is 27.8 Å². The van der Waals surface area contributed by atoms with Crippen molar-refractivity contribution in [1.29, 1.82) is 0 Å². The highest BCUT2D eigenvalue weighted by Gasteiger charge is 2.18. The van der Waals surface area contributed by atoms with Gasteiger partial charge in [0.25, 0.3) is 0 Å². The van der Waals surface area contributed by atoms with Gasteiger partial charge in [0.2, 0.25) is 0 Å². The van der Waals surface area contributed by atoms with Gasteiger partial charge in [-0.15, -0.1) is 0 Å². The summed E-state index contributed by atoms with van der Waals surface area (Å²) in [6, 6.07) is 42.4. The van der Waals surface area contributed by atoms with Crippen molar-refractivity contribution in [2.75, 3.05) is 0 Å². The van der Waals surface area contributed by atoms with Crippen LogP contribution in [0.1, 0.15) is 0 Å². The van der Waals surface area contributed by atoms with Crippen LogP contribution in [0.3, 0.4) is 0 Å². The lowest BCUT2D eigenvalue weighted by molar-refractivity contribution is 1.04. The van der Waals surface area contributed by atoms with Crippen LogP contribution in [0.25, 0.3) is 77.8 Å². The molecule has 206 valence electrons. The second kappa shape index (κ2) is 9.71. The Morgan fingerprint density at radius 1 is 0.432 bits per heavy atom. The smallest absolute Gasteiger partial charge is 0.162 e. The van der Waals surface area contributed by atoms with E-state index in [4.69, 9.17) is 9.97 Å². The number of aromatic nitrogens is 6. The van der Waals surface area contributed by atoms with Gasteiger partial charge in [-0.2, -0.15) is 0 Å². The first-order valence-electron chi connectivity index (χ1n) is 14.6. The highest BCUT2D eigenvalue weighted by Crippen LogP contribution is 2.37. The number of para-hydroxylation sites is 3. The van der Waals surface area contributed by atoms with Crippen molar-refractivity contribution in [2.45, 2.75) is 0 Å². The molecule has 0 atom stereocenters. The maximum Gasteiger partial charge on any atom is 0.162 e. The second-order valence-corrected chi connectivity index (χ2v) is 10.8. The van der Waals surface area contributed by atoms with E-state index in [1.165, 1.54) is 21.8 Å². The average Bonchev–Trinajstić information content (AvgIpc) is 3.61. The van der Waals surface area contributed by atoms with E-state index < -0.39 is 0 Å². The molecule has 0 unspecified atom stereocenters. The molecule has 0 aliphatic carbocycles. The Morgan fingerprint density at radius 3 is 1.75 bits per heavy atom. The van der Waals surface area contributed by atoms with Crippen LogP contribution in [0.2, 0.25) is 0 Å². The summed E-state index contributed by atoms with van der Waals surface area (Å²) in [5, 5.41) is 4.82. The number of hydrogen-bond acceptors (Lipinski definition) is 4. The predicted octanol–water partition coefficient (Wildman–Crippen LogP) is 8.79. The van der Waals surface area contributed by atoms with Crippen LogP contribution < -0.4 is 0 Å². The van der Waals surface area contributed by atoms with E-state index in [0.717, 1.165) is 50.1 Å². The van der Waals surface area contributed by atoms with E-state index in [-0.39, 0.29) is 0 Å². The molecule has 0 bridgehead atoms. The predicted molar refractivity (Wildman–Crippen MR) is 177 cm³/mol. The fourth-order valence-corrected chi connectivity index (χ4v) is 6.39. The summed E-state index contributed by atoms with van der Waals surface area (Å²) in [7, 11) is 0. The molecule has 0 amide bonds. The van der Waals surface area contributed by atoms with Gasteiger partial charge in [-0.1, -0.05) is 54.6 Å². The molecular formula is C38H24N6. The monoisotopic (exact) mass is 564 g/mol. The molecular weight excluding hydrogens is 540 g/mol. The lowest BCUT2D eigenvalue weighted by Gasteiger charge is -2.12. The number of fused-ring (bicyclic) bond motifs is 6. The number of hydrogen-bond donors (Lipinski definition) is 0. The van der Waals surface area contributed by atoms with Crippen molar-refractivity contribution >= 4 is 43.6 Å². The van der Waals surface area contributed by atoms with Crippen LogP contribution in [0.4, 0.5) is 0 Å². The number of nitrogens with zero attached hydrogens (tertiary/aromatic N) is 6. The zero-order valence-electron chi connectivity index (χ0n) is 23.5. The fourth-order valence-electron chi connectivity index (χ4n) is 6.39. The molecule has 44 heavy (non-hydrogen) atoms. The van der Waals surface area contributed by atoms with Crippen molar-refractivity contribution < 1.29 is 0 Å². The van der Waals surface area contributed by atoms with Crippen molar-refractivity contribution in [1.82, 2.24) is 29.1 Å². The zero-order valence-corrected chi connectivity index (χ0v) is 23.5. The Hall–Kier alpha value is -6.14. The average molecular weight is 565 g/mol. The van der Waals surface area contributed by atoms with E-state index in [1.54, 1.807) is 18.6 Å². The van der Waals surface area contributed by atoms with Gasteiger partial charge in [0.15, 0.2) is 5.82 Å². The van der Waals surface area contributed by atoms with Crippen LogP contribution >= 0.6 is 0 Å². The zero-order chi connectivity index (χ0) is 29.0. The topological polar surface area (TPSA) is 61.4 Å². The van der Waals surface area contributed by atoms with Gasteiger partial charge in [-0.3, -0.25) is 14.5 Å². The third-order valence-electron chi connectivity index (χ3n) is 8.33. The highest BCUT2D eigenvalue weighted by molar-refractivity contribution is 6.12. The number of pyridine rings is 2. The second-order valence-electron chi connectivity index (χ2n) is 10.8. The summed E-state index contributed by atoms with van der Waals surface area (Å²) < 4.78 is 4.61. The summed E-state index contributed by atoms with van der Waals surface area (Å²) in [6.07, 6.45) is 7.15. The molecule has 0 aliphatic heterocycles. The van der Waals surface area contributed by atoms with Gasteiger partial charge >= 0.3 is 0 Å². The molecule has 9 aromatic rings. The molecule has 0 fully saturated rings. The van der Waals surface area contributed by atoms with E-state index in [0.29, 0.717) is 5.82 Å². The van der Waals surface area contributed by atoms with Gasteiger partial charge in [0, 0.05) is 69.2 Å². The normalized spacial score (nSPS) is 11.6. The lowest BCUT2D eigenvalue weighted by atomic mass is 10.1. The molecule has 9 rings (SSSR count). The van der Waals surface area contributed by atoms with Crippen LogP contribution in [0.15, 0.2) is 146 Å². The molecule has 5 heterocycles. The Morgan fingerprint density at radius 2 is 1.07 bits per heavy atom. The highest BCUT2D eigenvalue weighted by atomic mass is 15.1. The van der Waals surface area contributed by atoms with Crippen molar-refractivity contribution in [3.63, 3.8) is 0 Å². The van der Waals surface area contributed by atoms with Gasteiger partial charge in [-0.25, -0.2) is 9.97 Å². The first-order valence-corrected chi connectivity index (χ1v) is 14.6. The minimum absolute atomic E-state index is 0.636. The Labute approximate surface area is 252 Å². The van der Waals surface area contributed by atoms with Gasteiger partial charge in [-0.05, 0) is 60.7 Å². The summed E-state index contributed by atoms with van der Waals surface area (Å²) in [5.41, 5.74) is 8.30. The third kappa shape index (κ3) is 3.75. The summed E-state index contributed by atoms with van der Waals surface area (Å²) in [6.45, 7) is 0. The van der Waals surface area contributed by atoms with Crippen molar-refractivity contribution in [3.8, 4) is 34.2 Å². The quantitative estimate of drug-likeness (QED) is 0.214. The maximum atomic E-state index is 5.12. The van der Waals surface area contributed by atoms with Gasteiger partial charge in [0.1, 0.15) is 5.82 Å². The largest absolute Gasteiger partial charge is 0.309 e. The first kappa shape index (κ1) is 24.5. The van der Waals surface area contributed by atoms with Crippen molar-refractivity contribution in [3.05, 3.63) is 146 Å².